The molecule has 2 aromatic carbocycles. The van der Waals surface area contributed by atoms with Crippen molar-refractivity contribution in [2.45, 2.75) is 6.54 Å². The Morgan fingerprint density at radius 1 is 1.04 bits per heavy atom. The van der Waals surface area contributed by atoms with Crippen LogP contribution in [0.2, 0.25) is 0 Å². The number of nitrogens with zero attached hydrogens (tertiary/aromatic N) is 1. The first kappa shape index (κ1) is 16.2. The second-order valence-electron chi connectivity index (χ2n) is 4.77. The Hall–Kier alpha value is -3.22. The lowest BCUT2D eigenvalue weighted by molar-refractivity contribution is -0.384. The molecule has 0 aliphatic carbocycles. The number of hydrogen-bond donors (Lipinski definition) is 2. The average molecular weight is 313 g/mol. The lowest BCUT2D eigenvalue weighted by atomic mass is 10.1. The van der Waals surface area contributed by atoms with Crippen LogP contribution in [0.15, 0.2) is 48.5 Å². The minimum atomic E-state index is -0.547. The van der Waals surface area contributed by atoms with Crippen LogP contribution in [0.25, 0.3) is 0 Å². The number of carbonyl (C=O) groups is 2. The Bertz CT molecular complexity index is 741. The van der Waals surface area contributed by atoms with Crippen molar-refractivity contribution in [3.8, 4) is 0 Å². The Labute approximate surface area is 132 Å². The van der Waals surface area contributed by atoms with E-state index in [0.717, 1.165) is 5.56 Å². The van der Waals surface area contributed by atoms with Crippen molar-refractivity contribution in [2.24, 2.45) is 0 Å². The number of nitrogens with one attached hydrogen (secondary N) is 2. The van der Waals surface area contributed by atoms with E-state index in [0.29, 0.717) is 5.56 Å². The van der Waals surface area contributed by atoms with Crippen molar-refractivity contribution in [3.63, 3.8) is 0 Å². The lowest BCUT2D eigenvalue weighted by Crippen LogP contribution is -2.23. The topological polar surface area (TPSA) is 101 Å². The van der Waals surface area contributed by atoms with Gasteiger partial charge < -0.3 is 10.6 Å². The maximum atomic E-state index is 12.0. The van der Waals surface area contributed by atoms with Crippen molar-refractivity contribution >= 4 is 17.5 Å². The summed E-state index contributed by atoms with van der Waals surface area (Å²) < 4.78 is 0. The van der Waals surface area contributed by atoms with E-state index in [1.54, 1.807) is 31.3 Å². The summed E-state index contributed by atoms with van der Waals surface area (Å²) in [6.45, 7) is 0.259. The molecule has 0 atom stereocenters. The molecule has 0 aromatic heterocycles. The summed E-state index contributed by atoms with van der Waals surface area (Å²) in [5, 5.41) is 15.9. The van der Waals surface area contributed by atoms with Gasteiger partial charge in [0.1, 0.15) is 0 Å². The zero-order valence-corrected chi connectivity index (χ0v) is 12.4. The van der Waals surface area contributed by atoms with E-state index in [2.05, 4.69) is 10.6 Å². The molecule has 2 rings (SSSR count). The zero-order valence-electron chi connectivity index (χ0n) is 12.4. The third-order valence-electron chi connectivity index (χ3n) is 3.22. The van der Waals surface area contributed by atoms with Gasteiger partial charge in [-0.2, -0.15) is 0 Å². The van der Waals surface area contributed by atoms with Gasteiger partial charge in [-0.05, 0) is 23.8 Å². The van der Waals surface area contributed by atoms with Crippen molar-refractivity contribution in [3.05, 3.63) is 75.3 Å². The van der Waals surface area contributed by atoms with Gasteiger partial charge in [0.2, 0.25) is 0 Å². The number of non-ortho nitro benzene ring substituents is 1. The van der Waals surface area contributed by atoms with Crippen molar-refractivity contribution in [1.29, 1.82) is 0 Å². The highest BCUT2D eigenvalue weighted by atomic mass is 16.6. The first-order valence-corrected chi connectivity index (χ1v) is 6.85. The SMILES string of the molecule is CNC(=O)c1ccc(CNC(=O)c2cccc([N+](=O)[O-])c2)cc1. The molecule has 0 fully saturated rings. The number of carbonyl (C=O) groups excluding carboxylic acids is 2. The first-order chi connectivity index (χ1) is 11.0. The van der Waals surface area contributed by atoms with Gasteiger partial charge in [-0.15, -0.1) is 0 Å². The molecule has 0 saturated heterocycles. The first-order valence-electron chi connectivity index (χ1n) is 6.85. The Kier molecular flexibility index (Phi) is 5.03. The molecule has 2 aromatic rings. The van der Waals surface area contributed by atoms with E-state index in [1.165, 1.54) is 24.3 Å². The smallest absolute Gasteiger partial charge is 0.270 e. The predicted octanol–water partition coefficient (Wildman–Crippen LogP) is 1.88. The number of nitro groups is 1. The van der Waals surface area contributed by atoms with E-state index >= 15 is 0 Å². The van der Waals surface area contributed by atoms with Crippen LogP contribution in [0.5, 0.6) is 0 Å². The molecule has 0 aliphatic heterocycles. The van der Waals surface area contributed by atoms with Crippen LogP contribution < -0.4 is 10.6 Å². The third-order valence-corrected chi connectivity index (χ3v) is 3.22. The van der Waals surface area contributed by atoms with Crippen molar-refractivity contribution < 1.29 is 14.5 Å². The quantitative estimate of drug-likeness (QED) is 0.650. The Balaban J connectivity index is 2.00. The molecule has 0 aliphatic rings. The minimum absolute atomic E-state index is 0.132. The van der Waals surface area contributed by atoms with Gasteiger partial charge in [-0.25, -0.2) is 0 Å². The Morgan fingerprint density at radius 2 is 1.74 bits per heavy atom. The van der Waals surface area contributed by atoms with Gasteiger partial charge in [0.15, 0.2) is 0 Å². The summed E-state index contributed by atoms with van der Waals surface area (Å²) in [5.74, 6) is -0.582. The second-order valence-corrected chi connectivity index (χ2v) is 4.77. The van der Waals surface area contributed by atoms with Gasteiger partial charge in [0, 0.05) is 36.9 Å². The van der Waals surface area contributed by atoms with Crippen molar-refractivity contribution in [2.75, 3.05) is 7.05 Å². The molecule has 7 nitrogen and oxygen atoms in total. The predicted molar refractivity (Wildman–Crippen MR) is 84.1 cm³/mol. The van der Waals surface area contributed by atoms with E-state index in [9.17, 15) is 19.7 Å². The summed E-state index contributed by atoms with van der Waals surface area (Å²) in [6, 6.07) is 12.3. The summed E-state index contributed by atoms with van der Waals surface area (Å²) in [7, 11) is 1.55. The van der Waals surface area contributed by atoms with Gasteiger partial charge >= 0.3 is 0 Å². The molecule has 0 spiro atoms. The second kappa shape index (κ2) is 7.17. The van der Waals surface area contributed by atoms with E-state index < -0.39 is 10.8 Å². The van der Waals surface area contributed by atoms with Gasteiger partial charge in [-0.3, -0.25) is 19.7 Å². The highest BCUT2D eigenvalue weighted by molar-refractivity contribution is 5.95. The monoisotopic (exact) mass is 313 g/mol. The van der Waals surface area contributed by atoms with Crippen LogP contribution >= 0.6 is 0 Å². The summed E-state index contributed by atoms with van der Waals surface area (Å²) in [4.78, 5) is 33.6. The number of hydrogen-bond acceptors (Lipinski definition) is 4. The van der Waals surface area contributed by atoms with Crippen LogP contribution in [0.1, 0.15) is 26.3 Å². The van der Waals surface area contributed by atoms with Crippen LogP contribution in [0, 0.1) is 10.1 Å². The fourth-order valence-electron chi connectivity index (χ4n) is 1.96. The molecule has 0 saturated carbocycles. The van der Waals surface area contributed by atoms with Gasteiger partial charge in [-0.1, -0.05) is 18.2 Å². The number of nitro benzene ring substituents is 1. The van der Waals surface area contributed by atoms with Crippen LogP contribution in [-0.2, 0) is 6.54 Å². The fraction of sp³-hybridized carbons (Fsp3) is 0.125. The highest BCUT2D eigenvalue weighted by Gasteiger charge is 2.11. The normalized spacial score (nSPS) is 9.96. The lowest BCUT2D eigenvalue weighted by Gasteiger charge is -2.06. The third kappa shape index (κ3) is 4.13. The number of amides is 2. The molecular weight excluding hydrogens is 298 g/mol. The molecular formula is C16H15N3O4. The molecule has 0 heterocycles. The van der Waals surface area contributed by atoms with E-state index in [-0.39, 0.29) is 23.7 Å². The molecule has 0 radical (unpaired) electrons. The molecule has 118 valence electrons. The minimum Gasteiger partial charge on any atom is -0.355 e. The van der Waals surface area contributed by atoms with Crippen LogP contribution in [0.3, 0.4) is 0 Å². The fourth-order valence-corrected chi connectivity index (χ4v) is 1.96. The molecule has 0 unspecified atom stereocenters. The largest absolute Gasteiger partial charge is 0.355 e. The Morgan fingerprint density at radius 3 is 2.35 bits per heavy atom. The summed E-state index contributed by atoms with van der Waals surface area (Å²) >= 11 is 0. The molecule has 2 N–H and O–H groups in total. The number of rotatable bonds is 5. The molecule has 7 heteroatoms. The zero-order chi connectivity index (χ0) is 16.8. The molecule has 2 amide bonds. The van der Waals surface area contributed by atoms with Crippen LogP contribution in [-0.4, -0.2) is 23.8 Å². The van der Waals surface area contributed by atoms with Gasteiger partial charge in [0.25, 0.3) is 17.5 Å². The summed E-state index contributed by atoms with van der Waals surface area (Å²) in [6.07, 6.45) is 0. The van der Waals surface area contributed by atoms with Gasteiger partial charge in [0.05, 0.1) is 4.92 Å². The van der Waals surface area contributed by atoms with E-state index in [4.69, 9.17) is 0 Å². The van der Waals surface area contributed by atoms with E-state index in [1.807, 2.05) is 0 Å². The molecule has 0 bridgehead atoms. The maximum absolute atomic E-state index is 12.0. The number of benzene rings is 2. The highest BCUT2D eigenvalue weighted by Crippen LogP contribution is 2.13. The summed E-state index contributed by atoms with van der Waals surface area (Å²) in [5.41, 5.74) is 1.44. The van der Waals surface area contributed by atoms with Crippen LogP contribution in [0.4, 0.5) is 5.69 Å². The molecule has 23 heavy (non-hydrogen) atoms. The maximum Gasteiger partial charge on any atom is 0.270 e. The standard InChI is InChI=1S/C16H15N3O4/c1-17-15(20)12-7-5-11(6-8-12)10-18-16(21)13-3-2-4-14(9-13)19(22)23/h2-9H,10H2,1H3,(H,17,20)(H,18,21). The van der Waals surface area contributed by atoms with Crippen molar-refractivity contribution in [1.82, 2.24) is 10.6 Å². The average Bonchev–Trinajstić information content (AvgIpc) is 2.59.